The van der Waals surface area contributed by atoms with E-state index in [1.54, 1.807) is 23.2 Å². The van der Waals surface area contributed by atoms with Crippen molar-refractivity contribution < 1.29 is 9.53 Å². The molecule has 0 saturated carbocycles. The lowest BCUT2D eigenvalue weighted by Crippen LogP contribution is -2.06. The zero-order valence-electron chi connectivity index (χ0n) is 10.6. The number of nitrogens with zero attached hydrogens (tertiary/aromatic N) is 2. The van der Waals surface area contributed by atoms with E-state index in [0.29, 0.717) is 23.6 Å². The Hall–Kier alpha value is -2.10. The Kier molecular flexibility index (Phi) is 3.77. The molecule has 0 bridgehead atoms. The molecule has 0 atom stereocenters. The van der Waals surface area contributed by atoms with Crippen LogP contribution in [-0.4, -0.2) is 21.9 Å². The SMILES string of the molecule is CCCOc1ccccc1C(=O)c1cn(C)cn1. The maximum absolute atomic E-state index is 12.3. The van der Waals surface area contributed by atoms with Crippen molar-refractivity contribution in [3.8, 4) is 5.75 Å². The van der Waals surface area contributed by atoms with Crippen LogP contribution in [0, 0.1) is 0 Å². The van der Waals surface area contributed by atoms with Crippen LogP contribution in [0.1, 0.15) is 29.4 Å². The number of para-hydroxylation sites is 1. The second-order valence-electron chi connectivity index (χ2n) is 4.10. The second-order valence-corrected chi connectivity index (χ2v) is 4.10. The zero-order chi connectivity index (χ0) is 13.0. The number of imidazole rings is 1. The highest BCUT2D eigenvalue weighted by Gasteiger charge is 2.16. The summed E-state index contributed by atoms with van der Waals surface area (Å²) in [6.45, 7) is 2.63. The van der Waals surface area contributed by atoms with Crippen LogP contribution >= 0.6 is 0 Å². The highest BCUT2D eigenvalue weighted by molar-refractivity contribution is 6.09. The average molecular weight is 244 g/mol. The van der Waals surface area contributed by atoms with E-state index in [9.17, 15) is 4.79 Å². The Morgan fingerprint density at radius 3 is 2.83 bits per heavy atom. The van der Waals surface area contributed by atoms with Gasteiger partial charge in [0.1, 0.15) is 11.4 Å². The van der Waals surface area contributed by atoms with Crippen molar-refractivity contribution in [3.63, 3.8) is 0 Å². The van der Waals surface area contributed by atoms with Gasteiger partial charge in [-0.3, -0.25) is 4.79 Å². The number of benzene rings is 1. The van der Waals surface area contributed by atoms with Gasteiger partial charge in [-0.25, -0.2) is 4.98 Å². The van der Waals surface area contributed by atoms with Gasteiger partial charge in [-0.1, -0.05) is 19.1 Å². The van der Waals surface area contributed by atoms with Crippen molar-refractivity contribution in [3.05, 3.63) is 48.0 Å². The van der Waals surface area contributed by atoms with Crippen molar-refractivity contribution >= 4 is 5.78 Å². The maximum atomic E-state index is 12.3. The third-order valence-electron chi connectivity index (χ3n) is 2.53. The molecule has 4 heteroatoms. The molecule has 0 radical (unpaired) electrons. The topological polar surface area (TPSA) is 44.1 Å². The van der Waals surface area contributed by atoms with E-state index >= 15 is 0 Å². The Labute approximate surface area is 106 Å². The molecule has 0 N–H and O–H groups in total. The fourth-order valence-electron chi connectivity index (χ4n) is 1.66. The van der Waals surface area contributed by atoms with E-state index in [0.717, 1.165) is 6.42 Å². The molecule has 0 aliphatic heterocycles. The van der Waals surface area contributed by atoms with E-state index in [4.69, 9.17) is 4.74 Å². The summed E-state index contributed by atoms with van der Waals surface area (Å²) < 4.78 is 7.33. The van der Waals surface area contributed by atoms with E-state index in [-0.39, 0.29) is 5.78 Å². The van der Waals surface area contributed by atoms with Crippen LogP contribution in [0.2, 0.25) is 0 Å². The van der Waals surface area contributed by atoms with E-state index in [1.807, 2.05) is 32.2 Å². The zero-order valence-corrected chi connectivity index (χ0v) is 10.6. The number of rotatable bonds is 5. The highest BCUT2D eigenvalue weighted by Crippen LogP contribution is 2.21. The van der Waals surface area contributed by atoms with Crippen molar-refractivity contribution in [2.24, 2.45) is 7.05 Å². The number of carbonyl (C=O) groups excluding carboxylic acids is 1. The van der Waals surface area contributed by atoms with E-state index in [1.165, 1.54) is 0 Å². The van der Waals surface area contributed by atoms with Crippen molar-refractivity contribution in [2.75, 3.05) is 6.61 Å². The minimum absolute atomic E-state index is 0.109. The average Bonchev–Trinajstić information content (AvgIpc) is 2.82. The van der Waals surface area contributed by atoms with E-state index in [2.05, 4.69) is 4.98 Å². The van der Waals surface area contributed by atoms with Gasteiger partial charge >= 0.3 is 0 Å². The summed E-state index contributed by atoms with van der Waals surface area (Å²) in [6.07, 6.45) is 4.23. The van der Waals surface area contributed by atoms with Crippen LogP contribution in [0.3, 0.4) is 0 Å². The first-order valence-corrected chi connectivity index (χ1v) is 5.97. The molecule has 1 aromatic carbocycles. The predicted molar refractivity (Wildman–Crippen MR) is 68.9 cm³/mol. The van der Waals surface area contributed by atoms with Crippen LogP contribution in [0.15, 0.2) is 36.8 Å². The van der Waals surface area contributed by atoms with Gasteiger partial charge in [-0.05, 0) is 18.6 Å². The molecule has 0 unspecified atom stereocenters. The normalized spacial score (nSPS) is 10.3. The summed E-state index contributed by atoms with van der Waals surface area (Å²) >= 11 is 0. The highest BCUT2D eigenvalue weighted by atomic mass is 16.5. The molecule has 0 spiro atoms. The fraction of sp³-hybridized carbons (Fsp3) is 0.286. The number of ketones is 1. The summed E-state index contributed by atoms with van der Waals surface area (Å²) in [6, 6.07) is 7.27. The molecular formula is C14H16N2O2. The van der Waals surface area contributed by atoms with Crippen LogP contribution < -0.4 is 4.74 Å². The van der Waals surface area contributed by atoms with Crippen molar-refractivity contribution in [1.82, 2.24) is 9.55 Å². The van der Waals surface area contributed by atoms with E-state index < -0.39 is 0 Å². The second kappa shape index (κ2) is 5.49. The van der Waals surface area contributed by atoms with Gasteiger partial charge < -0.3 is 9.30 Å². The summed E-state index contributed by atoms with van der Waals surface area (Å²) in [5.74, 6) is 0.511. The molecule has 1 heterocycles. The standard InChI is InChI=1S/C14H16N2O2/c1-3-8-18-13-7-5-4-6-11(13)14(17)12-9-16(2)10-15-12/h4-7,9-10H,3,8H2,1-2H3. The molecule has 0 amide bonds. The van der Waals surface area contributed by atoms with Crippen LogP contribution in [0.5, 0.6) is 5.75 Å². The number of aromatic nitrogens is 2. The Balaban J connectivity index is 2.29. The summed E-state index contributed by atoms with van der Waals surface area (Å²) in [7, 11) is 1.84. The number of hydrogen-bond donors (Lipinski definition) is 0. The predicted octanol–water partition coefficient (Wildman–Crippen LogP) is 2.44. The number of ether oxygens (including phenoxy) is 1. The molecule has 0 aliphatic carbocycles. The van der Waals surface area contributed by atoms with Gasteiger partial charge in [0.05, 0.1) is 18.5 Å². The molecule has 1 aromatic heterocycles. The van der Waals surface area contributed by atoms with Crippen LogP contribution in [-0.2, 0) is 7.05 Å². The minimum atomic E-state index is -0.109. The largest absolute Gasteiger partial charge is 0.493 e. The van der Waals surface area contributed by atoms with Crippen LogP contribution in [0.4, 0.5) is 0 Å². The summed E-state index contributed by atoms with van der Waals surface area (Å²) in [5, 5.41) is 0. The monoisotopic (exact) mass is 244 g/mol. The summed E-state index contributed by atoms with van der Waals surface area (Å²) in [4.78, 5) is 16.4. The molecule has 0 fully saturated rings. The lowest BCUT2D eigenvalue weighted by atomic mass is 10.1. The van der Waals surface area contributed by atoms with Gasteiger partial charge in [0.25, 0.3) is 0 Å². The van der Waals surface area contributed by atoms with Crippen LogP contribution in [0.25, 0.3) is 0 Å². The molecule has 4 nitrogen and oxygen atoms in total. The number of carbonyl (C=O) groups is 1. The lowest BCUT2D eigenvalue weighted by molar-refractivity contribution is 0.103. The molecule has 18 heavy (non-hydrogen) atoms. The maximum Gasteiger partial charge on any atom is 0.216 e. The van der Waals surface area contributed by atoms with Gasteiger partial charge in [-0.15, -0.1) is 0 Å². The van der Waals surface area contributed by atoms with Gasteiger partial charge in [0, 0.05) is 13.2 Å². The van der Waals surface area contributed by atoms with Crippen molar-refractivity contribution in [2.45, 2.75) is 13.3 Å². The number of aryl methyl sites for hydroxylation is 1. The Morgan fingerprint density at radius 1 is 1.39 bits per heavy atom. The molecule has 94 valence electrons. The van der Waals surface area contributed by atoms with Gasteiger partial charge in [-0.2, -0.15) is 0 Å². The molecule has 2 rings (SSSR count). The molecule has 0 saturated heterocycles. The molecule has 0 aliphatic rings. The van der Waals surface area contributed by atoms with Gasteiger partial charge in [0.15, 0.2) is 0 Å². The third-order valence-corrected chi connectivity index (χ3v) is 2.53. The smallest absolute Gasteiger partial charge is 0.216 e. The quantitative estimate of drug-likeness (QED) is 0.759. The third kappa shape index (κ3) is 2.59. The first-order chi connectivity index (χ1) is 8.72. The van der Waals surface area contributed by atoms with Crippen molar-refractivity contribution in [1.29, 1.82) is 0 Å². The fourth-order valence-corrected chi connectivity index (χ4v) is 1.66. The lowest BCUT2D eigenvalue weighted by Gasteiger charge is -2.08. The minimum Gasteiger partial charge on any atom is -0.493 e. The molecular weight excluding hydrogens is 228 g/mol. The first kappa shape index (κ1) is 12.4. The molecule has 2 aromatic rings. The van der Waals surface area contributed by atoms with Gasteiger partial charge in [0.2, 0.25) is 5.78 Å². The number of hydrogen-bond acceptors (Lipinski definition) is 3. The first-order valence-electron chi connectivity index (χ1n) is 5.97. The summed E-state index contributed by atoms with van der Waals surface area (Å²) in [5.41, 5.74) is 0.995. The Bertz CT molecular complexity index is 546. The Morgan fingerprint density at radius 2 is 2.17 bits per heavy atom.